The van der Waals surface area contributed by atoms with Crippen molar-refractivity contribution in [3.8, 4) is 11.3 Å². The second-order valence-corrected chi connectivity index (χ2v) is 6.63. The average molecular weight is 388 g/mol. The van der Waals surface area contributed by atoms with Crippen molar-refractivity contribution >= 4 is 22.7 Å². The number of rotatable bonds is 6. The fourth-order valence-electron chi connectivity index (χ4n) is 3.19. The number of nitrogens with zero attached hydrogens (tertiary/aromatic N) is 3. The van der Waals surface area contributed by atoms with E-state index in [0.717, 1.165) is 23.2 Å². The molecule has 4 rings (SSSR count). The van der Waals surface area contributed by atoms with Crippen LogP contribution >= 0.6 is 0 Å². The maximum absolute atomic E-state index is 12.7. The molecule has 0 fully saturated rings. The third-order valence-corrected chi connectivity index (χ3v) is 4.75. The molecular weight excluding hydrogens is 368 g/mol. The summed E-state index contributed by atoms with van der Waals surface area (Å²) >= 11 is 0. The topological polar surface area (TPSA) is 90.0 Å². The number of benzene rings is 2. The van der Waals surface area contributed by atoms with Gasteiger partial charge in [0.2, 0.25) is 5.91 Å². The van der Waals surface area contributed by atoms with E-state index in [0.29, 0.717) is 11.2 Å². The van der Waals surface area contributed by atoms with E-state index < -0.39 is 0 Å². The second kappa shape index (κ2) is 8.10. The third kappa shape index (κ3) is 3.80. The molecule has 0 aliphatic rings. The van der Waals surface area contributed by atoms with Gasteiger partial charge in [-0.15, -0.1) is 0 Å². The van der Waals surface area contributed by atoms with Crippen LogP contribution in [0.15, 0.2) is 70.2 Å². The zero-order chi connectivity index (χ0) is 20.2. The minimum Gasteiger partial charge on any atom is -0.348 e. The van der Waals surface area contributed by atoms with E-state index in [1.807, 2.05) is 61.5 Å². The minimum atomic E-state index is -0.355. The smallest absolute Gasteiger partial charge is 0.299 e. The molecule has 0 atom stereocenters. The van der Waals surface area contributed by atoms with Gasteiger partial charge in [-0.3, -0.25) is 14.2 Å². The molecule has 0 saturated carbocycles. The molecule has 0 radical (unpaired) electrons. The number of hydrogen-bond acceptors (Lipinski definition) is 5. The average Bonchev–Trinajstić information content (AvgIpc) is 3.19. The number of carbonyl (C=O) groups excluding carboxylic acids is 1. The van der Waals surface area contributed by atoms with Crippen LogP contribution in [0.3, 0.4) is 0 Å². The lowest BCUT2D eigenvalue weighted by molar-refractivity contribution is -0.116. The molecule has 7 heteroatoms. The first-order chi connectivity index (χ1) is 14.2. The number of carbonyl (C=O) groups is 1. The molecule has 0 spiro atoms. The molecule has 4 aromatic rings. The van der Waals surface area contributed by atoms with Gasteiger partial charge in [-0.1, -0.05) is 60.6 Å². The number of anilines is 1. The van der Waals surface area contributed by atoms with Gasteiger partial charge in [-0.25, -0.2) is 4.98 Å². The first-order valence-electron chi connectivity index (χ1n) is 9.45. The molecule has 0 aliphatic heterocycles. The lowest BCUT2D eigenvalue weighted by Gasteiger charge is -2.10. The van der Waals surface area contributed by atoms with Gasteiger partial charge in [0.05, 0.1) is 6.33 Å². The molecule has 7 nitrogen and oxygen atoms in total. The van der Waals surface area contributed by atoms with Crippen LogP contribution in [-0.2, 0) is 17.8 Å². The number of fused-ring (bicyclic) bond motifs is 1. The van der Waals surface area contributed by atoms with Crippen molar-refractivity contribution in [2.45, 2.75) is 26.3 Å². The molecule has 146 valence electrons. The van der Waals surface area contributed by atoms with Gasteiger partial charge in [0.15, 0.2) is 0 Å². The lowest BCUT2D eigenvalue weighted by atomic mass is 10.1. The minimum absolute atomic E-state index is 0.0862. The highest BCUT2D eigenvalue weighted by molar-refractivity contribution is 5.91. The Morgan fingerprint density at radius 1 is 1.10 bits per heavy atom. The van der Waals surface area contributed by atoms with Crippen LogP contribution in [0.2, 0.25) is 0 Å². The molecule has 2 heterocycles. The van der Waals surface area contributed by atoms with Crippen LogP contribution in [0.25, 0.3) is 22.4 Å². The molecule has 29 heavy (non-hydrogen) atoms. The Morgan fingerprint density at radius 2 is 1.86 bits per heavy atom. The quantitative estimate of drug-likeness (QED) is 0.545. The van der Waals surface area contributed by atoms with Crippen LogP contribution < -0.4 is 10.9 Å². The van der Waals surface area contributed by atoms with E-state index in [2.05, 4.69) is 15.5 Å². The van der Waals surface area contributed by atoms with Crippen LogP contribution in [0.1, 0.15) is 18.9 Å². The zero-order valence-electron chi connectivity index (χ0n) is 16.0. The molecule has 0 bridgehead atoms. The van der Waals surface area contributed by atoms with E-state index >= 15 is 0 Å². The Morgan fingerprint density at radius 3 is 2.66 bits per heavy atom. The number of amides is 1. The van der Waals surface area contributed by atoms with E-state index in [-0.39, 0.29) is 30.0 Å². The molecule has 0 unspecified atom stereocenters. The van der Waals surface area contributed by atoms with Crippen LogP contribution in [0.4, 0.5) is 5.69 Å². The highest BCUT2D eigenvalue weighted by atomic mass is 16.5. The van der Waals surface area contributed by atoms with Gasteiger partial charge >= 0.3 is 0 Å². The molecule has 1 N–H and O–H groups in total. The van der Waals surface area contributed by atoms with E-state index in [1.54, 1.807) is 0 Å². The maximum atomic E-state index is 12.7. The van der Waals surface area contributed by atoms with Crippen LogP contribution in [-0.4, -0.2) is 20.6 Å². The van der Waals surface area contributed by atoms with Gasteiger partial charge in [0, 0.05) is 24.2 Å². The van der Waals surface area contributed by atoms with Crippen molar-refractivity contribution in [3.05, 3.63) is 76.8 Å². The standard InChI is InChI=1S/C22H20N4O3/c1-2-15-8-6-7-11-17(15)24-18(27)12-13-26-14-23-20-19(16-9-4-3-5-10-16)25-29-21(20)22(26)28/h3-11,14H,2,12-13H2,1H3,(H,24,27). The molecular formula is C22H20N4O3. The molecule has 2 aromatic heterocycles. The van der Waals surface area contributed by atoms with Crippen molar-refractivity contribution in [2.75, 3.05) is 5.32 Å². The second-order valence-electron chi connectivity index (χ2n) is 6.63. The normalized spacial score (nSPS) is 10.9. The van der Waals surface area contributed by atoms with E-state index in [9.17, 15) is 9.59 Å². The largest absolute Gasteiger partial charge is 0.348 e. The predicted molar refractivity (Wildman–Crippen MR) is 111 cm³/mol. The maximum Gasteiger partial charge on any atom is 0.299 e. The van der Waals surface area contributed by atoms with Gasteiger partial charge in [0.25, 0.3) is 11.1 Å². The van der Waals surface area contributed by atoms with Gasteiger partial charge < -0.3 is 9.84 Å². The SMILES string of the molecule is CCc1ccccc1NC(=O)CCn1cnc2c(-c3ccccc3)noc2c1=O. The highest BCUT2D eigenvalue weighted by Gasteiger charge is 2.16. The van der Waals surface area contributed by atoms with Crippen molar-refractivity contribution in [1.82, 2.24) is 14.7 Å². The summed E-state index contributed by atoms with van der Waals surface area (Å²) < 4.78 is 6.63. The number of aromatic nitrogens is 3. The number of hydrogen-bond donors (Lipinski definition) is 1. The van der Waals surface area contributed by atoms with Gasteiger partial charge in [-0.2, -0.15) is 0 Å². The molecule has 0 saturated heterocycles. The predicted octanol–water partition coefficient (Wildman–Crippen LogP) is 3.64. The third-order valence-electron chi connectivity index (χ3n) is 4.75. The van der Waals surface area contributed by atoms with E-state index in [1.165, 1.54) is 10.9 Å². The Kier molecular flexibility index (Phi) is 5.20. The van der Waals surface area contributed by atoms with Crippen molar-refractivity contribution < 1.29 is 9.32 Å². The Hall–Kier alpha value is -3.74. The Balaban J connectivity index is 1.51. The lowest BCUT2D eigenvalue weighted by Crippen LogP contribution is -2.23. The van der Waals surface area contributed by atoms with Gasteiger partial charge in [-0.05, 0) is 18.1 Å². The Bertz CT molecular complexity index is 1210. The first-order valence-corrected chi connectivity index (χ1v) is 9.45. The van der Waals surface area contributed by atoms with Crippen LogP contribution in [0.5, 0.6) is 0 Å². The zero-order valence-corrected chi connectivity index (χ0v) is 16.0. The fraction of sp³-hybridized carbons (Fsp3) is 0.182. The number of para-hydroxylation sites is 1. The summed E-state index contributed by atoms with van der Waals surface area (Å²) in [6, 6.07) is 17.1. The summed E-state index contributed by atoms with van der Waals surface area (Å²) in [7, 11) is 0. The van der Waals surface area contributed by atoms with Crippen molar-refractivity contribution in [1.29, 1.82) is 0 Å². The Labute approximate surface area is 167 Å². The highest BCUT2D eigenvalue weighted by Crippen LogP contribution is 2.24. The fourth-order valence-corrected chi connectivity index (χ4v) is 3.19. The first kappa shape index (κ1) is 18.6. The summed E-state index contributed by atoms with van der Waals surface area (Å²) in [6.45, 7) is 2.23. The number of nitrogens with one attached hydrogen (secondary N) is 1. The van der Waals surface area contributed by atoms with Gasteiger partial charge in [0.1, 0.15) is 11.2 Å². The summed E-state index contributed by atoms with van der Waals surface area (Å²) in [5.41, 5.74) is 3.36. The molecule has 1 amide bonds. The van der Waals surface area contributed by atoms with Crippen LogP contribution in [0, 0.1) is 0 Å². The summed E-state index contributed by atoms with van der Waals surface area (Å²) in [6.07, 6.45) is 2.40. The summed E-state index contributed by atoms with van der Waals surface area (Å²) in [4.78, 5) is 29.4. The monoisotopic (exact) mass is 388 g/mol. The summed E-state index contributed by atoms with van der Waals surface area (Å²) in [5.74, 6) is -0.166. The molecule has 2 aromatic carbocycles. The van der Waals surface area contributed by atoms with Crippen molar-refractivity contribution in [3.63, 3.8) is 0 Å². The van der Waals surface area contributed by atoms with E-state index in [4.69, 9.17) is 4.52 Å². The molecule has 0 aliphatic carbocycles. The number of aryl methyl sites for hydroxylation is 2. The summed E-state index contributed by atoms with van der Waals surface area (Å²) in [5, 5.41) is 6.91. The van der Waals surface area contributed by atoms with Crippen molar-refractivity contribution in [2.24, 2.45) is 0 Å².